The zero-order valence-electron chi connectivity index (χ0n) is 22.4. The van der Waals surface area contributed by atoms with Crippen LogP contribution in [0.25, 0.3) is 0 Å². The molecule has 0 aromatic heterocycles. The highest BCUT2D eigenvalue weighted by Gasteiger charge is 2.72. The first kappa shape index (κ1) is 24.8. The van der Waals surface area contributed by atoms with Crippen molar-refractivity contribution in [2.45, 2.75) is 112 Å². The van der Waals surface area contributed by atoms with Gasteiger partial charge in [0.25, 0.3) is 0 Å². The number of fused-ring (bicyclic) bond motifs is 7. The molecule has 5 rings (SSSR count). The average Bonchev–Trinajstić information content (AvgIpc) is 3.18. The predicted octanol–water partition coefficient (Wildman–Crippen LogP) is 6.35. The molecule has 5 fully saturated rings. The van der Waals surface area contributed by atoms with E-state index in [-0.39, 0.29) is 45.5 Å². The van der Waals surface area contributed by atoms with Gasteiger partial charge in [-0.1, -0.05) is 41.5 Å². The fraction of sp³-hybridized carbons (Fsp3) is 0.933. The van der Waals surface area contributed by atoms with Crippen LogP contribution in [-0.4, -0.2) is 28.6 Å². The molecule has 0 aromatic carbocycles. The topological polar surface area (TPSA) is 74.6 Å². The molecule has 11 atom stereocenters. The van der Waals surface area contributed by atoms with E-state index < -0.39 is 11.4 Å². The summed E-state index contributed by atoms with van der Waals surface area (Å²) in [4.78, 5) is 24.7. The zero-order chi connectivity index (χ0) is 24.9. The number of aliphatic hydroxyl groups is 1. The summed E-state index contributed by atoms with van der Waals surface area (Å²) in [6, 6.07) is 0. The molecule has 0 aromatic rings. The minimum Gasteiger partial charge on any atom is -0.481 e. The number of aliphatic carboxylic acids is 1. The third kappa shape index (κ3) is 2.81. The van der Waals surface area contributed by atoms with Gasteiger partial charge in [0.15, 0.2) is 0 Å². The van der Waals surface area contributed by atoms with Crippen LogP contribution in [0.2, 0.25) is 0 Å². The van der Waals surface area contributed by atoms with Crippen LogP contribution >= 0.6 is 0 Å². The molecule has 0 heterocycles. The molecule has 0 amide bonds. The van der Waals surface area contributed by atoms with Crippen LogP contribution in [0.4, 0.5) is 0 Å². The maximum atomic E-state index is 12.8. The molecular formula is C30H48O4. The number of carbonyl (C=O) groups excluding carboxylic acids is 1. The van der Waals surface area contributed by atoms with E-state index in [1.165, 1.54) is 19.3 Å². The molecule has 0 aliphatic heterocycles. The second-order valence-electron chi connectivity index (χ2n) is 14.7. The van der Waals surface area contributed by atoms with E-state index in [9.17, 15) is 19.8 Å². The summed E-state index contributed by atoms with van der Waals surface area (Å²) in [5.41, 5.74) is -0.155. The van der Waals surface area contributed by atoms with Crippen LogP contribution in [0.5, 0.6) is 0 Å². The Balaban J connectivity index is 1.56. The Morgan fingerprint density at radius 2 is 1.56 bits per heavy atom. The summed E-state index contributed by atoms with van der Waals surface area (Å²) in [5.74, 6) is 1.20. The number of hydrogen-bond donors (Lipinski definition) is 2. The van der Waals surface area contributed by atoms with Crippen LogP contribution in [-0.2, 0) is 9.59 Å². The first-order valence-corrected chi connectivity index (χ1v) is 14.2. The minimum atomic E-state index is -0.632. The third-order valence-electron chi connectivity index (χ3n) is 13.8. The molecule has 34 heavy (non-hydrogen) atoms. The molecule has 0 bridgehead atoms. The average molecular weight is 473 g/mol. The van der Waals surface area contributed by atoms with E-state index in [2.05, 4.69) is 34.6 Å². The van der Waals surface area contributed by atoms with Gasteiger partial charge < -0.3 is 15.0 Å². The van der Waals surface area contributed by atoms with Gasteiger partial charge in [0.05, 0.1) is 11.5 Å². The number of carbonyl (C=O) groups is 2. The lowest BCUT2D eigenvalue weighted by molar-refractivity contribution is -0.249. The van der Waals surface area contributed by atoms with Gasteiger partial charge in [-0.15, -0.1) is 0 Å². The van der Waals surface area contributed by atoms with Gasteiger partial charge in [-0.2, -0.15) is 0 Å². The summed E-state index contributed by atoms with van der Waals surface area (Å²) in [5, 5.41) is 21.4. The van der Waals surface area contributed by atoms with Gasteiger partial charge in [-0.3, -0.25) is 4.79 Å². The van der Waals surface area contributed by atoms with Crippen LogP contribution < -0.4 is 0 Å². The monoisotopic (exact) mass is 472 g/mol. The summed E-state index contributed by atoms with van der Waals surface area (Å²) >= 11 is 0. The lowest BCUT2D eigenvalue weighted by Crippen LogP contribution is -2.67. The lowest BCUT2D eigenvalue weighted by atomic mass is 9.32. The van der Waals surface area contributed by atoms with Crippen molar-refractivity contribution in [3.63, 3.8) is 0 Å². The highest BCUT2D eigenvalue weighted by atomic mass is 16.4. The van der Waals surface area contributed by atoms with Crippen LogP contribution in [0.15, 0.2) is 0 Å². The van der Waals surface area contributed by atoms with Crippen molar-refractivity contribution in [2.75, 3.05) is 0 Å². The molecule has 1 unspecified atom stereocenters. The minimum absolute atomic E-state index is 0.0486. The van der Waals surface area contributed by atoms with Crippen LogP contribution in [0, 0.1) is 62.6 Å². The maximum Gasteiger partial charge on any atom is 0.309 e. The van der Waals surface area contributed by atoms with Crippen molar-refractivity contribution in [2.24, 2.45) is 62.6 Å². The first-order chi connectivity index (χ1) is 15.8. The third-order valence-corrected chi connectivity index (χ3v) is 13.8. The van der Waals surface area contributed by atoms with Crippen molar-refractivity contribution in [3.8, 4) is 0 Å². The van der Waals surface area contributed by atoms with Gasteiger partial charge in [-0.25, -0.2) is 0 Å². The highest BCUT2D eigenvalue weighted by molar-refractivity contribution is 5.76. The standard InChI is InChI=1S/C30H48O4/c1-18(17-31)19-9-14-30(25(33)34)16-15-28(5)20(24(19)30)7-8-22-27(4)12-11-23(32)26(2,3)21(27)10-13-29(22,28)6/h17-24,32H,7-16H2,1-6H3,(H,33,34)/t18?,19-,20+,21-,22+,23-,24+,27-,28+,29+,30-/m0/s1. The van der Waals surface area contributed by atoms with Crippen molar-refractivity contribution in [1.29, 1.82) is 0 Å². The highest BCUT2D eigenvalue weighted by Crippen LogP contribution is 2.77. The first-order valence-electron chi connectivity index (χ1n) is 14.2. The van der Waals surface area contributed by atoms with Crippen molar-refractivity contribution in [3.05, 3.63) is 0 Å². The van der Waals surface area contributed by atoms with E-state index >= 15 is 0 Å². The number of aldehydes is 1. The molecule has 192 valence electrons. The fourth-order valence-corrected chi connectivity index (χ4v) is 11.7. The number of carboxylic acids is 1. The molecular weight excluding hydrogens is 424 g/mol. The Kier molecular flexibility index (Phi) is 5.51. The quantitative estimate of drug-likeness (QED) is 0.469. The van der Waals surface area contributed by atoms with Crippen molar-refractivity contribution >= 4 is 12.3 Å². The zero-order valence-corrected chi connectivity index (χ0v) is 22.4. The normalized spacial score (nSPS) is 54.7. The molecule has 0 radical (unpaired) electrons. The Morgan fingerprint density at radius 1 is 0.853 bits per heavy atom. The second-order valence-corrected chi connectivity index (χ2v) is 14.7. The lowest BCUT2D eigenvalue weighted by Gasteiger charge is -2.72. The van der Waals surface area contributed by atoms with Crippen LogP contribution in [0.3, 0.4) is 0 Å². The van der Waals surface area contributed by atoms with E-state index in [0.29, 0.717) is 17.8 Å². The predicted molar refractivity (Wildman–Crippen MR) is 133 cm³/mol. The van der Waals surface area contributed by atoms with E-state index in [0.717, 1.165) is 51.2 Å². The van der Waals surface area contributed by atoms with Gasteiger partial charge in [-0.05, 0) is 115 Å². The van der Waals surface area contributed by atoms with Crippen molar-refractivity contribution in [1.82, 2.24) is 0 Å². The fourth-order valence-electron chi connectivity index (χ4n) is 11.7. The Labute approximate surface area is 206 Å². The molecule has 5 aliphatic carbocycles. The largest absolute Gasteiger partial charge is 0.481 e. The second kappa shape index (κ2) is 7.56. The van der Waals surface area contributed by atoms with Gasteiger partial charge in [0.1, 0.15) is 6.29 Å². The van der Waals surface area contributed by atoms with Crippen molar-refractivity contribution < 1.29 is 19.8 Å². The summed E-state index contributed by atoms with van der Waals surface area (Å²) < 4.78 is 0. The Morgan fingerprint density at radius 3 is 2.21 bits per heavy atom. The number of carboxylic acid groups (broad SMARTS) is 1. The molecule has 0 saturated heterocycles. The molecule has 5 aliphatic rings. The van der Waals surface area contributed by atoms with E-state index in [4.69, 9.17) is 0 Å². The maximum absolute atomic E-state index is 12.8. The smallest absolute Gasteiger partial charge is 0.309 e. The molecule has 2 N–H and O–H groups in total. The van der Waals surface area contributed by atoms with E-state index in [1.807, 2.05) is 6.92 Å². The summed E-state index contributed by atoms with van der Waals surface area (Å²) in [6.07, 6.45) is 10.9. The number of aliphatic hydroxyl groups excluding tert-OH is 1. The molecule has 4 nitrogen and oxygen atoms in total. The van der Waals surface area contributed by atoms with Gasteiger partial charge in [0.2, 0.25) is 0 Å². The van der Waals surface area contributed by atoms with Gasteiger partial charge in [0, 0.05) is 5.92 Å². The molecule has 5 saturated carbocycles. The van der Waals surface area contributed by atoms with Gasteiger partial charge >= 0.3 is 5.97 Å². The number of hydrogen-bond acceptors (Lipinski definition) is 3. The summed E-state index contributed by atoms with van der Waals surface area (Å²) in [7, 11) is 0. The Bertz CT molecular complexity index is 866. The molecule has 4 heteroatoms. The Hall–Kier alpha value is -0.900. The van der Waals surface area contributed by atoms with E-state index in [1.54, 1.807) is 0 Å². The molecule has 0 spiro atoms. The van der Waals surface area contributed by atoms with Crippen LogP contribution in [0.1, 0.15) is 106 Å². The SMILES string of the molecule is CC(C=O)[C@@H]1CC[C@]2(C(=O)O)CC[C@]3(C)[C@H](CC[C@@H]4[C@@]5(C)CC[C@H](O)C(C)(C)[C@@H]5CC[C@]43C)[C@@H]12. The number of rotatable bonds is 3. The summed E-state index contributed by atoms with van der Waals surface area (Å²) in [6.45, 7) is 14.2.